The summed E-state index contributed by atoms with van der Waals surface area (Å²) < 4.78 is 6.47. The fourth-order valence-corrected chi connectivity index (χ4v) is 4.19. The van der Waals surface area contributed by atoms with E-state index in [1.165, 1.54) is 4.68 Å². The zero-order chi connectivity index (χ0) is 23.9. The van der Waals surface area contributed by atoms with Crippen LogP contribution in [0.25, 0.3) is 5.69 Å². The van der Waals surface area contributed by atoms with Crippen molar-refractivity contribution in [2.75, 3.05) is 51.3 Å². The predicted molar refractivity (Wildman–Crippen MR) is 133 cm³/mol. The van der Waals surface area contributed by atoms with Crippen molar-refractivity contribution in [1.29, 1.82) is 0 Å². The van der Waals surface area contributed by atoms with Gasteiger partial charge in [-0.1, -0.05) is 41.9 Å². The summed E-state index contributed by atoms with van der Waals surface area (Å²) in [5, 5.41) is 7.46. The van der Waals surface area contributed by atoms with Crippen LogP contribution in [0.1, 0.15) is 5.56 Å². The van der Waals surface area contributed by atoms with Gasteiger partial charge in [-0.2, -0.15) is 9.78 Å². The first-order valence-electron chi connectivity index (χ1n) is 11.3. The zero-order valence-corrected chi connectivity index (χ0v) is 19.9. The quantitative estimate of drug-likeness (QED) is 0.532. The molecule has 0 radical (unpaired) electrons. The maximum atomic E-state index is 12.7. The molecule has 1 amide bonds. The number of para-hydroxylation sites is 1. The lowest BCUT2D eigenvalue weighted by Gasteiger charge is -2.35. The molecule has 1 saturated heterocycles. The van der Waals surface area contributed by atoms with Crippen LogP contribution < -0.4 is 20.5 Å². The average molecular weight is 482 g/mol. The Balaban J connectivity index is 1.25. The van der Waals surface area contributed by atoms with Crippen molar-refractivity contribution in [1.82, 2.24) is 20.0 Å². The Bertz CT molecular complexity index is 1160. The third-order valence-corrected chi connectivity index (χ3v) is 6.23. The molecule has 4 rings (SSSR count). The van der Waals surface area contributed by atoms with Crippen LogP contribution in [0.4, 0.5) is 5.69 Å². The first kappa shape index (κ1) is 23.8. The first-order chi connectivity index (χ1) is 16.5. The maximum Gasteiger partial charge on any atom is 0.292 e. The third kappa shape index (κ3) is 5.76. The highest BCUT2D eigenvalue weighted by Gasteiger charge is 2.22. The van der Waals surface area contributed by atoms with Gasteiger partial charge < -0.3 is 15.0 Å². The number of carbonyl (C=O) groups is 1. The molecule has 1 aliphatic heterocycles. The van der Waals surface area contributed by atoms with Crippen LogP contribution in [0, 0.1) is 0 Å². The molecule has 1 aliphatic rings. The summed E-state index contributed by atoms with van der Waals surface area (Å²) in [5.74, 6) is 0.827. The number of piperazine rings is 1. The van der Waals surface area contributed by atoms with Crippen LogP contribution in [0.2, 0.25) is 5.02 Å². The van der Waals surface area contributed by atoms with Crippen molar-refractivity contribution >= 4 is 23.2 Å². The number of benzene rings is 2. The Kier molecular flexibility index (Phi) is 7.82. The van der Waals surface area contributed by atoms with Crippen LogP contribution in [0.15, 0.2) is 65.6 Å². The molecule has 2 heterocycles. The van der Waals surface area contributed by atoms with E-state index in [4.69, 9.17) is 16.3 Å². The molecule has 1 aromatic heterocycles. The Morgan fingerprint density at radius 1 is 1.06 bits per heavy atom. The number of hydrogen-bond acceptors (Lipinski definition) is 6. The van der Waals surface area contributed by atoms with Crippen LogP contribution in [-0.4, -0.2) is 67.0 Å². The summed E-state index contributed by atoms with van der Waals surface area (Å²) in [6, 6.07) is 17.0. The molecule has 9 heteroatoms. The molecule has 178 valence electrons. The van der Waals surface area contributed by atoms with E-state index >= 15 is 0 Å². The molecule has 0 spiro atoms. The first-order valence-corrected chi connectivity index (χ1v) is 11.6. The lowest BCUT2D eigenvalue weighted by Crippen LogP contribution is -2.50. The van der Waals surface area contributed by atoms with E-state index < -0.39 is 0 Å². The number of anilines is 1. The molecule has 0 atom stereocenters. The molecule has 0 bridgehead atoms. The number of methoxy groups -OCH3 is 1. The summed E-state index contributed by atoms with van der Waals surface area (Å²) in [6.07, 6.45) is 2.40. The highest BCUT2D eigenvalue weighted by atomic mass is 35.5. The Morgan fingerprint density at radius 3 is 2.44 bits per heavy atom. The number of ether oxygens (including phenoxy) is 1. The molecule has 1 N–H and O–H groups in total. The van der Waals surface area contributed by atoms with Crippen molar-refractivity contribution in [3.63, 3.8) is 0 Å². The van der Waals surface area contributed by atoms with E-state index in [2.05, 4.69) is 15.3 Å². The van der Waals surface area contributed by atoms with E-state index in [9.17, 15) is 9.59 Å². The molecule has 0 aliphatic carbocycles. The largest absolute Gasteiger partial charge is 0.497 e. The van der Waals surface area contributed by atoms with E-state index in [0.717, 1.165) is 17.7 Å². The van der Waals surface area contributed by atoms with Crippen LogP contribution in [0.3, 0.4) is 0 Å². The predicted octanol–water partition coefficient (Wildman–Crippen LogP) is 2.38. The number of halogens is 1. The molecule has 34 heavy (non-hydrogen) atoms. The smallest absolute Gasteiger partial charge is 0.292 e. The average Bonchev–Trinajstić information content (AvgIpc) is 2.87. The fraction of sp³-hybridized carbons (Fsp3) is 0.320. The van der Waals surface area contributed by atoms with Gasteiger partial charge in [-0.25, -0.2) is 0 Å². The number of hydrogen-bond donors (Lipinski definition) is 1. The van der Waals surface area contributed by atoms with Gasteiger partial charge in [0.05, 0.1) is 31.2 Å². The highest BCUT2D eigenvalue weighted by Crippen LogP contribution is 2.23. The van der Waals surface area contributed by atoms with Gasteiger partial charge in [0.2, 0.25) is 5.91 Å². The van der Waals surface area contributed by atoms with Crippen LogP contribution >= 0.6 is 11.6 Å². The number of nitrogens with zero attached hydrogens (tertiary/aromatic N) is 4. The molecule has 8 nitrogen and oxygen atoms in total. The van der Waals surface area contributed by atoms with E-state index in [0.29, 0.717) is 50.6 Å². The van der Waals surface area contributed by atoms with Gasteiger partial charge in [-0.05, 0) is 36.2 Å². The van der Waals surface area contributed by atoms with Gasteiger partial charge >= 0.3 is 0 Å². The summed E-state index contributed by atoms with van der Waals surface area (Å²) in [6.45, 7) is 3.65. The monoisotopic (exact) mass is 481 g/mol. The minimum absolute atomic E-state index is 0.00659. The lowest BCUT2D eigenvalue weighted by atomic mass is 10.1. The minimum atomic E-state index is -0.343. The molecule has 0 unspecified atom stereocenters. The summed E-state index contributed by atoms with van der Waals surface area (Å²) >= 11 is 6.43. The Hall–Kier alpha value is -3.36. The lowest BCUT2D eigenvalue weighted by molar-refractivity contribution is -0.122. The molecular formula is C25H28ClN5O3. The van der Waals surface area contributed by atoms with E-state index in [-0.39, 0.29) is 16.5 Å². The van der Waals surface area contributed by atoms with Gasteiger partial charge in [0.15, 0.2) is 0 Å². The van der Waals surface area contributed by atoms with Gasteiger partial charge in [0.1, 0.15) is 10.8 Å². The molecular weight excluding hydrogens is 454 g/mol. The van der Waals surface area contributed by atoms with E-state index in [1.54, 1.807) is 13.3 Å². The topological polar surface area (TPSA) is 79.7 Å². The molecule has 2 aromatic carbocycles. The number of carbonyl (C=O) groups excluding carboxylic acids is 1. The highest BCUT2D eigenvalue weighted by molar-refractivity contribution is 6.33. The van der Waals surface area contributed by atoms with Gasteiger partial charge in [0.25, 0.3) is 5.56 Å². The van der Waals surface area contributed by atoms with Crippen molar-refractivity contribution in [2.24, 2.45) is 0 Å². The standard InChI is InChI=1S/C25H28ClN5O3/c1-34-21-9-7-19(8-10-21)11-12-27-23(32)18-29-13-15-30(16-14-29)22-17-28-31(25(33)24(22)26)20-5-3-2-4-6-20/h2-10,17H,11-16,18H2,1H3,(H,27,32). The SMILES string of the molecule is COc1ccc(CCNC(=O)CN2CCN(c3cnn(-c4ccccc4)c(=O)c3Cl)CC2)cc1. The normalized spacial score (nSPS) is 14.1. The Labute approximate surface area is 203 Å². The second-order valence-electron chi connectivity index (χ2n) is 8.11. The summed E-state index contributed by atoms with van der Waals surface area (Å²) in [5.41, 5.74) is 2.10. The molecule has 3 aromatic rings. The minimum Gasteiger partial charge on any atom is -0.497 e. The maximum absolute atomic E-state index is 12.7. The third-order valence-electron chi connectivity index (χ3n) is 5.88. The number of aromatic nitrogens is 2. The number of nitrogens with one attached hydrogen (secondary N) is 1. The van der Waals surface area contributed by atoms with Gasteiger partial charge in [0, 0.05) is 32.7 Å². The van der Waals surface area contributed by atoms with Crippen molar-refractivity contribution in [3.8, 4) is 11.4 Å². The second kappa shape index (κ2) is 11.2. The van der Waals surface area contributed by atoms with Crippen molar-refractivity contribution in [3.05, 3.63) is 81.7 Å². The summed E-state index contributed by atoms with van der Waals surface area (Å²) in [7, 11) is 1.64. The van der Waals surface area contributed by atoms with Crippen LogP contribution in [0.5, 0.6) is 5.75 Å². The molecule has 0 saturated carbocycles. The Morgan fingerprint density at radius 2 is 1.76 bits per heavy atom. The fourth-order valence-electron chi connectivity index (χ4n) is 3.94. The van der Waals surface area contributed by atoms with E-state index in [1.807, 2.05) is 59.5 Å². The van der Waals surface area contributed by atoms with Crippen molar-refractivity contribution in [2.45, 2.75) is 6.42 Å². The number of amides is 1. The van der Waals surface area contributed by atoms with Gasteiger partial charge in [-0.3, -0.25) is 14.5 Å². The summed E-state index contributed by atoms with van der Waals surface area (Å²) in [4.78, 5) is 29.3. The number of rotatable bonds is 8. The zero-order valence-electron chi connectivity index (χ0n) is 19.1. The van der Waals surface area contributed by atoms with Gasteiger partial charge in [-0.15, -0.1) is 0 Å². The van der Waals surface area contributed by atoms with Crippen molar-refractivity contribution < 1.29 is 9.53 Å². The molecule has 1 fully saturated rings. The van der Waals surface area contributed by atoms with Crippen LogP contribution in [-0.2, 0) is 11.2 Å². The second-order valence-corrected chi connectivity index (χ2v) is 8.49.